The highest BCUT2D eigenvalue weighted by atomic mass is 16.6. The molecule has 2 fully saturated rings. The van der Waals surface area contributed by atoms with Crippen LogP contribution in [-0.2, 0) is 9.47 Å². The van der Waals surface area contributed by atoms with Crippen molar-refractivity contribution in [2.75, 3.05) is 19.6 Å². The van der Waals surface area contributed by atoms with Crippen molar-refractivity contribution in [3.8, 4) is 0 Å². The summed E-state index contributed by atoms with van der Waals surface area (Å²) in [5.74, 6) is 0. The Balaban J connectivity index is 1.88. The van der Waals surface area contributed by atoms with Crippen molar-refractivity contribution in [2.24, 2.45) is 0 Å². The van der Waals surface area contributed by atoms with Crippen LogP contribution in [0.1, 0.15) is 41.0 Å². The number of nitrogens with one attached hydrogen (secondary N) is 1. The molecule has 0 atom stereocenters. The first-order valence-electron chi connectivity index (χ1n) is 6.54. The molecule has 2 aliphatic rings. The number of carbonyl (C=O) groups is 1. The van der Waals surface area contributed by atoms with Crippen LogP contribution in [0, 0.1) is 0 Å². The first-order valence-corrected chi connectivity index (χ1v) is 6.54. The molecule has 2 saturated heterocycles. The lowest BCUT2D eigenvalue weighted by Gasteiger charge is -2.55. The number of amides is 1. The molecule has 0 saturated carbocycles. The lowest BCUT2D eigenvalue weighted by atomic mass is 9.95. The molecule has 0 radical (unpaired) electrons. The van der Waals surface area contributed by atoms with Gasteiger partial charge in [-0.05, 0) is 41.0 Å². The lowest BCUT2D eigenvalue weighted by molar-refractivity contribution is -0.236. The van der Waals surface area contributed by atoms with Crippen LogP contribution in [-0.4, -0.2) is 47.6 Å². The molecule has 18 heavy (non-hydrogen) atoms. The summed E-state index contributed by atoms with van der Waals surface area (Å²) < 4.78 is 11.4. The van der Waals surface area contributed by atoms with Gasteiger partial charge in [-0.25, -0.2) is 4.79 Å². The third kappa shape index (κ3) is 2.95. The van der Waals surface area contributed by atoms with E-state index in [1.165, 1.54) is 0 Å². The van der Waals surface area contributed by atoms with Crippen molar-refractivity contribution in [1.82, 2.24) is 10.2 Å². The highest BCUT2D eigenvalue weighted by Crippen LogP contribution is 2.33. The Hall–Kier alpha value is -0.810. The fourth-order valence-corrected chi connectivity index (χ4v) is 2.41. The van der Waals surface area contributed by atoms with Gasteiger partial charge in [0.1, 0.15) is 5.60 Å². The highest BCUT2D eigenvalue weighted by Gasteiger charge is 2.51. The monoisotopic (exact) mass is 256 g/mol. The number of rotatable bonds is 0. The van der Waals surface area contributed by atoms with Gasteiger partial charge in [-0.2, -0.15) is 0 Å². The average Bonchev–Trinajstić information content (AvgIpc) is 2.09. The van der Waals surface area contributed by atoms with Crippen molar-refractivity contribution in [1.29, 1.82) is 0 Å². The number of hydrogen-bond donors (Lipinski definition) is 1. The molecular formula is C13H24N2O3. The minimum atomic E-state index is -0.444. The summed E-state index contributed by atoms with van der Waals surface area (Å²) in [6.45, 7) is 11.8. The third-order valence-corrected chi connectivity index (χ3v) is 3.19. The quantitative estimate of drug-likeness (QED) is 0.717. The van der Waals surface area contributed by atoms with E-state index in [1.54, 1.807) is 4.90 Å². The van der Waals surface area contributed by atoms with Crippen LogP contribution < -0.4 is 5.32 Å². The van der Waals surface area contributed by atoms with Gasteiger partial charge in [-0.15, -0.1) is 0 Å². The third-order valence-electron chi connectivity index (χ3n) is 3.19. The Morgan fingerprint density at radius 3 is 2.44 bits per heavy atom. The molecule has 0 aromatic rings. The molecule has 1 amide bonds. The molecule has 1 spiro atoms. The predicted octanol–water partition coefficient (Wildman–Crippen LogP) is 1.72. The fraction of sp³-hybridized carbons (Fsp3) is 0.923. The summed E-state index contributed by atoms with van der Waals surface area (Å²) >= 11 is 0. The van der Waals surface area contributed by atoms with Gasteiger partial charge in [-0.3, -0.25) is 10.2 Å². The van der Waals surface area contributed by atoms with Gasteiger partial charge in [0.2, 0.25) is 0 Å². The van der Waals surface area contributed by atoms with Crippen LogP contribution in [0.5, 0.6) is 0 Å². The molecule has 104 valence electrons. The minimum Gasteiger partial charge on any atom is -0.444 e. The van der Waals surface area contributed by atoms with Crippen LogP contribution in [0.15, 0.2) is 0 Å². The standard InChI is InChI=1S/C13H24N2O3/c1-11(2,3)17-10(16)15-8-13(9-15)14-7-6-12(4,5)18-13/h14H,6-9H2,1-5H3. The molecule has 0 aliphatic carbocycles. The number of carbonyl (C=O) groups excluding carboxylic acids is 1. The fourth-order valence-electron chi connectivity index (χ4n) is 2.41. The van der Waals surface area contributed by atoms with Crippen LogP contribution in [0.3, 0.4) is 0 Å². The molecular weight excluding hydrogens is 232 g/mol. The van der Waals surface area contributed by atoms with Crippen molar-refractivity contribution in [3.05, 3.63) is 0 Å². The Morgan fingerprint density at radius 2 is 1.94 bits per heavy atom. The van der Waals surface area contributed by atoms with E-state index in [1.807, 2.05) is 20.8 Å². The minimum absolute atomic E-state index is 0.120. The number of nitrogens with zero attached hydrogens (tertiary/aromatic N) is 1. The summed E-state index contributed by atoms with van der Waals surface area (Å²) in [4.78, 5) is 13.5. The van der Waals surface area contributed by atoms with Gasteiger partial charge in [0, 0.05) is 6.54 Å². The van der Waals surface area contributed by atoms with Gasteiger partial charge in [0.05, 0.1) is 18.7 Å². The maximum absolute atomic E-state index is 11.8. The van der Waals surface area contributed by atoms with E-state index in [0.717, 1.165) is 13.0 Å². The van der Waals surface area contributed by atoms with Crippen molar-refractivity contribution < 1.29 is 14.3 Å². The molecule has 1 N–H and O–H groups in total. The summed E-state index contributed by atoms with van der Waals surface area (Å²) in [5, 5.41) is 3.36. The zero-order valence-electron chi connectivity index (χ0n) is 12.0. The predicted molar refractivity (Wildman–Crippen MR) is 68.3 cm³/mol. The second-order valence-corrected chi connectivity index (χ2v) is 6.87. The van der Waals surface area contributed by atoms with E-state index in [-0.39, 0.29) is 17.4 Å². The molecule has 5 heteroatoms. The van der Waals surface area contributed by atoms with Gasteiger partial charge in [0.25, 0.3) is 0 Å². The zero-order chi connectivity index (χ0) is 13.6. The van der Waals surface area contributed by atoms with Gasteiger partial charge in [-0.1, -0.05) is 0 Å². The second kappa shape index (κ2) is 4.10. The molecule has 2 heterocycles. The maximum atomic E-state index is 11.8. The number of likely N-dealkylation sites (tertiary alicyclic amines) is 1. The first kappa shape index (κ1) is 13.6. The van der Waals surface area contributed by atoms with Crippen LogP contribution in [0.2, 0.25) is 0 Å². The van der Waals surface area contributed by atoms with Crippen LogP contribution in [0.25, 0.3) is 0 Å². The van der Waals surface area contributed by atoms with E-state index >= 15 is 0 Å². The largest absolute Gasteiger partial charge is 0.444 e. The summed E-state index contributed by atoms with van der Waals surface area (Å²) in [7, 11) is 0. The topological polar surface area (TPSA) is 50.8 Å². The molecule has 0 aromatic heterocycles. The van der Waals surface area contributed by atoms with E-state index in [9.17, 15) is 4.79 Å². The van der Waals surface area contributed by atoms with Gasteiger partial charge in [0.15, 0.2) is 5.72 Å². The van der Waals surface area contributed by atoms with Crippen LogP contribution in [0.4, 0.5) is 4.79 Å². The highest BCUT2D eigenvalue weighted by molar-refractivity contribution is 5.69. The van der Waals surface area contributed by atoms with E-state index in [2.05, 4.69) is 19.2 Å². The van der Waals surface area contributed by atoms with Crippen molar-refractivity contribution in [3.63, 3.8) is 0 Å². The molecule has 0 bridgehead atoms. The molecule has 0 aromatic carbocycles. The van der Waals surface area contributed by atoms with Crippen molar-refractivity contribution in [2.45, 2.75) is 58.0 Å². The smallest absolute Gasteiger partial charge is 0.410 e. The summed E-state index contributed by atoms with van der Waals surface area (Å²) in [6, 6.07) is 0. The SMILES string of the molecule is CC(C)(C)OC(=O)N1CC2(C1)NCCC(C)(C)O2. The Bertz CT molecular complexity index is 341. The normalized spacial score (nSPS) is 25.7. The summed E-state index contributed by atoms with van der Waals surface area (Å²) in [6.07, 6.45) is 0.725. The molecule has 0 unspecified atom stereocenters. The summed E-state index contributed by atoms with van der Waals surface area (Å²) in [5.41, 5.74) is -0.927. The van der Waals surface area contributed by atoms with Gasteiger partial charge >= 0.3 is 6.09 Å². The first-order chi connectivity index (χ1) is 8.11. The van der Waals surface area contributed by atoms with E-state index in [0.29, 0.717) is 13.1 Å². The van der Waals surface area contributed by atoms with Crippen molar-refractivity contribution >= 4 is 6.09 Å². The Labute approximate surface area is 109 Å². The maximum Gasteiger partial charge on any atom is 0.410 e. The number of ether oxygens (including phenoxy) is 2. The molecule has 2 rings (SSSR count). The van der Waals surface area contributed by atoms with E-state index in [4.69, 9.17) is 9.47 Å². The second-order valence-electron chi connectivity index (χ2n) is 6.87. The Kier molecular flexibility index (Phi) is 3.10. The Morgan fingerprint density at radius 1 is 1.33 bits per heavy atom. The van der Waals surface area contributed by atoms with Gasteiger partial charge < -0.3 is 9.47 Å². The molecule has 2 aliphatic heterocycles. The average molecular weight is 256 g/mol. The lowest BCUT2D eigenvalue weighted by Crippen LogP contribution is -2.75. The van der Waals surface area contributed by atoms with Crippen LogP contribution >= 0.6 is 0 Å². The van der Waals surface area contributed by atoms with E-state index < -0.39 is 5.60 Å². The zero-order valence-corrected chi connectivity index (χ0v) is 12.0. The molecule has 5 nitrogen and oxygen atoms in total. The number of hydrogen-bond acceptors (Lipinski definition) is 4.